The summed E-state index contributed by atoms with van der Waals surface area (Å²) in [5.41, 5.74) is -3.91. The van der Waals surface area contributed by atoms with Crippen molar-refractivity contribution < 1.29 is 35.9 Å². The molecule has 0 aromatic heterocycles. The van der Waals surface area contributed by atoms with E-state index in [4.69, 9.17) is 0 Å². The van der Waals surface area contributed by atoms with Gasteiger partial charge in [0.25, 0.3) is 0 Å². The van der Waals surface area contributed by atoms with Crippen LogP contribution >= 0.6 is 0 Å². The Morgan fingerprint density at radius 3 is 1.86 bits per heavy atom. The van der Waals surface area contributed by atoms with Crippen LogP contribution in [0.15, 0.2) is 18.2 Å². The fourth-order valence-electron chi connectivity index (χ4n) is 2.50. The first-order valence-electron chi connectivity index (χ1n) is 6.42. The minimum Gasteiger partial charge on any atom is -0.469 e. The number of carbonyl (C=O) groups excluding carboxylic acids is 1. The molecular formula is C14H12F6O2. The van der Waals surface area contributed by atoms with Crippen molar-refractivity contribution in [2.24, 2.45) is 5.92 Å². The Morgan fingerprint density at radius 2 is 1.55 bits per heavy atom. The molecule has 0 aliphatic heterocycles. The molecule has 1 aliphatic carbocycles. The molecular weight excluding hydrogens is 314 g/mol. The molecule has 1 unspecified atom stereocenters. The lowest BCUT2D eigenvalue weighted by molar-refractivity contribution is -0.148. The number of hydrogen-bond acceptors (Lipinski definition) is 2. The molecule has 0 radical (unpaired) electrons. The molecule has 0 heterocycles. The van der Waals surface area contributed by atoms with Gasteiger partial charge in [-0.1, -0.05) is 6.07 Å². The van der Waals surface area contributed by atoms with Crippen molar-refractivity contribution in [3.05, 3.63) is 34.9 Å². The van der Waals surface area contributed by atoms with E-state index in [0.29, 0.717) is 31.0 Å². The van der Waals surface area contributed by atoms with E-state index in [2.05, 4.69) is 4.74 Å². The standard InChI is InChI=1S/C14H12F6O2/c1-22-12(21)10(7-5-6-7)11-8(13(15,16)17)3-2-4-9(11)14(18,19)20/h2-4,7,10H,5-6H2,1H3. The fraction of sp³-hybridized carbons (Fsp3) is 0.500. The number of esters is 1. The number of ether oxygens (including phenoxy) is 1. The average Bonchev–Trinajstić information content (AvgIpc) is 3.21. The van der Waals surface area contributed by atoms with Crippen molar-refractivity contribution in [3.63, 3.8) is 0 Å². The Hall–Kier alpha value is -1.73. The second kappa shape index (κ2) is 5.48. The quantitative estimate of drug-likeness (QED) is 0.608. The van der Waals surface area contributed by atoms with E-state index in [1.54, 1.807) is 0 Å². The van der Waals surface area contributed by atoms with Crippen molar-refractivity contribution in [3.8, 4) is 0 Å². The van der Waals surface area contributed by atoms with Gasteiger partial charge in [0.15, 0.2) is 0 Å². The van der Waals surface area contributed by atoms with Gasteiger partial charge in [0.1, 0.15) is 0 Å². The number of alkyl halides is 6. The number of benzene rings is 1. The van der Waals surface area contributed by atoms with Gasteiger partial charge >= 0.3 is 18.3 Å². The number of hydrogen-bond donors (Lipinski definition) is 0. The lowest BCUT2D eigenvalue weighted by atomic mass is 9.85. The fourth-order valence-corrected chi connectivity index (χ4v) is 2.50. The van der Waals surface area contributed by atoms with Gasteiger partial charge in [0, 0.05) is 0 Å². The molecule has 8 heteroatoms. The summed E-state index contributed by atoms with van der Waals surface area (Å²) in [5.74, 6) is -3.19. The molecule has 1 saturated carbocycles. The molecule has 0 saturated heterocycles. The lowest BCUT2D eigenvalue weighted by Gasteiger charge is -2.24. The van der Waals surface area contributed by atoms with Crippen LogP contribution < -0.4 is 0 Å². The Kier molecular flexibility index (Phi) is 4.14. The summed E-state index contributed by atoms with van der Waals surface area (Å²) < 4.78 is 83.1. The molecule has 2 rings (SSSR count). The predicted octanol–water partition coefficient (Wildman–Crippen LogP) is 4.39. The second-order valence-electron chi connectivity index (χ2n) is 5.10. The maximum absolute atomic E-state index is 13.1. The first-order chi connectivity index (χ1) is 10.1. The van der Waals surface area contributed by atoms with Crippen LogP contribution in [0.4, 0.5) is 26.3 Å². The third-order valence-corrected chi connectivity index (χ3v) is 3.58. The summed E-state index contributed by atoms with van der Waals surface area (Å²) in [6.45, 7) is 0. The van der Waals surface area contributed by atoms with Gasteiger partial charge in [-0.2, -0.15) is 26.3 Å². The molecule has 1 fully saturated rings. The molecule has 0 N–H and O–H groups in total. The van der Waals surface area contributed by atoms with E-state index in [1.165, 1.54) is 0 Å². The van der Waals surface area contributed by atoms with Gasteiger partial charge in [-0.15, -0.1) is 0 Å². The average molecular weight is 326 g/mol. The van der Waals surface area contributed by atoms with E-state index >= 15 is 0 Å². The summed E-state index contributed by atoms with van der Waals surface area (Å²) in [5, 5.41) is 0. The van der Waals surface area contributed by atoms with Crippen LogP contribution in [0.25, 0.3) is 0 Å². The number of rotatable bonds is 3. The van der Waals surface area contributed by atoms with E-state index in [1.807, 2.05) is 0 Å². The van der Waals surface area contributed by atoms with Gasteiger partial charge < -0.3 is 4.74 Å². The zero-order valence-corrected chi connectivity index (χ0v) is 11.4. The summed E-state index contributed by atoms with van der Waals surface area (Å²) in [4.78, 5) is 11.8. The zero-order chi connectivity index (χ0) is 16.7. The molecule has 0 amide bonds. The normalized spacial score (nSPS) is 17.2. The minimum absolute atomic E-state index is 0.392. The lowest BCUT2D eigenvalue weighted by Crippen LogP contribution is -2.25. The van der Waals surface area contributed by atoms with Crippen molar-refractivity contribution in [1.29, 1.82) is 0 Å². The highest BCUT2D eigenvalue weighted by Gasteiger charge is 2.48. The van der Waals surface area contributed by atoms with Crippen LogP contribution in [0.5, 0.6) is 0 Å². The van der Waals surface area contributed by atoms with E-state index in [0.717, 1.165) is 7.11 Å². The Morgan fingerprint density at radius 1 is 1.09 bits per heavy atom. The molecule has 0 spiro atoms. The first-order valence-corrected chi connectivity index (χ1v) is 6.42. The highest BCUT2D eigenvalue weighted by atomic mass is 19.4. The van der Waals surface area contributed by atoms with Crippen molar-refractivity contribution in [2.75, 3.05) is 7.11 Å². The molecule has 1 aromatic rings. The Balaban J connectivity index is 2.71. The molecule has 22 heavy (non-hydrogen) atoms. The van der Waals surface area contributed by atoms with E-state index in [-0.39, 0.29) is 0 Å². The maximum atomic E-state index is 13.1. The van der Waals surface area contributed by atoms with Gasteiger partial charge in [-0.25, -0.2) is 0 Å². The van der Waals surface area contributed by atoms with Crippen molar-refractivity contribution in [1.82, 2.24) is 0 Å². The van der Waals surface area contributed by atoms with Gasteiger partial charge in [-0.3, -0.25) is 4.79 Å². The predicted molar refractivity (Wildman–Crippen MR) is 63.9 cm³/mol. The van der Waals surface area contributed by atoms with Crippen LogP contribution in [0.1, 0.15) is 35.4 Å². The number of carbonyl (C=O) groups is 1. The SMILES string of the molecule is COC(=O)C(c1c(C(F)(F)F)cccc1C(F)(F)F)C1CC1. The van der Waals surface area contributed by atoms with Gasteiger partial charge in [-0.05, 0) is 36.5 Å². The van der Waals surface area contributed by atoms with Gasteiger partial charge in [0.05, 0.1) is 24.2 Å². The summed E-state index contributed by atoms with van der Waals surface area (Å²) in [6, 6.07) is 1.81. The third kappa shape index (κ3) is 3.20. The monoisotopic (exact) mass is 326 g/mol. The molecule has 0 bridgehead atoms. The highest BCUT2D eigenvalue weighted by molar-refractivity contribution is 5.80. The maximum Gasteiger partial charge on any atom is 0.416 e. The Bertz CT molecular complexity index is 539. The second-order valence-corrected chi connectivity index (χ2v) is 5.10. The van der Waals surface area contributed by atoms with Crippen molar-refractivity contribution >= 4 is 5.97 Å². The summed E-state index contributed by atoms with van der Waals surface area (Å²) in [6.07, 6.45) is -9.19. The third-order valence-electron chi connectivity index (χ3n) is 3.58. The number of halogens is 6. The first kappa shape index (κ1) is 16.6. The molecule has 1 atom stereocenters. The molecule has 1 aromatic carbocycles. The summed E-state index contributed by atoms with van der Waals surface area (Å²) >= 11 is 0. The smallest absolute Gasteiger partial charge is 0.416 e. The van der Waals surface area contributed by atoms with Crippen LogP contribution in [0.3, 0.4) is 0 Å². The highest BCUT2D eigenvalue weighted by Crippen LogP contribution is 2.50. The minimum atomic E-state index is -4.99. The molecule has 2 nitrogen and oxygen atoms in total. The van der Waals surface area contributed by atoms with E-state index in [9.17, 15) is 31.1 Å². The van der Waals surface area contributed by atoms with Gasteiger partial charge in [0.2, 0.25) is 0 Å². The Labute approximate surface area is 122 Å². The van der Waals surface area contributed by atoms with E-state index < -0.39 is 46.8 Å². The number of methoxy groups -OCH3 is 1. The van der Waals surface area contributed by atoms with Crippen LogP contribution in [-0.4, -0.2) is 13.1 Å². The van der Waals surface area contributed by atoms with Crippen molar-refractivity contribution in [2.45, 2.75) is 31.1 Å². The van der Waals surface area contributed by atoms with Crippen LogP contribution in [0, 0.1) is 5.92 Å². The zero-order valence-electron chi connectivity index (χ0n) is 11.4. The van der Waals surface area contributed by atoms with Crippen LogP contribution in [0.2, 0.25) is 0 Å². The molecule has 122 valence electrons. The topological polar surface area (TPSA) is 26.3 Å². The summed E-state index contributed by atoms with van der Waals surface area (Å²) in [7, 11) is 0.946. The largest absolute Gasteiger partial charge is 0.469 e. The van der Waals surface area contributed by atoms with Crippen LogP contribution in [-0.2, 0) is 21.9 Å². The molecule has 1 aliphatic rings.